The molecule has 0 spiro atoms. The van der Waals surface area contributed by atoms with E-state index in [9.17, 15) is 0 Å². The van der Waals surface area contributed by atoms with E-state index < -0.39 is 0 Å². The Balaban J connectivity index is 1.12. The average molecular weight is 692 g/mol. The summed E-state index contributed by atoms with van der Waals surface area (Å²) in [5.74, 6) is 0. The molecule has 0 unspecified atom stereocenters. The Morgan fingerprint density at radius 2 is 0.667 bits per heavy atom. The standard InChI is InChI=1S/C49H33N5/c1-4-16-34(17-5-1)41-32-42(37-22-14-24-39(30-37)46-48(35-18-6-2-7-19-35)53-28-12-10-26-44(53)51-46)50-43(33-41)38-23-15-25-40(31-38)47-49(36-20-8-3-9-21-36)54-29-13-11-27-45(54)52-47/h1-33H. The summed E-state index contributed by atoms with van der Waals surface area (Å²) in [5.41, 5.74) is 16.2. The normalized spacial score (nSPS) is 11.3. The Morgan fingerprint density at radius 1 is 0.278 bits per heavy atom. The number of pyridine rings is 3. The molecule has 0 saturated heterocycles. The van der Waals surface area contributed by atoms with Gasteiger partial charge in [0, 0.05) is 45.8 Å². The average Bonchev–Trinajstić information content (AvgIpc) is 3.84. The van der Waals surface area contributed by atoms with Crippen molar-refractivity contribution in [2.75, 3.05) is 0 Å². The molecule has 5 nitrogen and oxygen atoms in total. The Hall–Kier alpha value is -7.37. The summed E-state index contributed by atoms with van der Waals surface area (Å²) < 4.78 is 4.34. The van der Waals surface area contributed by atoms with Crippen LogP contribution in [-0.4, -0.2) is 23.8 Å². The van der Waals surface area contributed by atoms with Gasteiger partial charge in [0.1, 0.15) is 11.3 Å². The van der Waals surface area contributed by atoms with E-state index in [0.29, 0.717) is 0 Å². The molecule has 5 heteroatoms. The predicted molar refractivity (Wildman–Crippen MR) is 220 cm³/mol. The molecule has 0 N–H and O–H groups in total. The summed E-state index contributed by atoms with van der Waals surface area (Å²) in [6.45, 7) is 0. The van der Waals surface area contributed by atoms with Crippen molar-refractivity contribution in [2.45, 2.75) is 0 Å². The van der Waals surface area contributed by atoms with E-state index in [-0.39, 0.29) is 0 Å². The molecule has 0 aliphatic heterocycles. The summed E-state index contributed by atoms with van der Waals surface area (Å²) >= 11 is 0. The van der Waals surface area contributed by atoms with Gasteiger partial charge in [0.05, 0.1) is 34.2 Å². The van der Waals surface area contributed by atoms with Crippen molar-refractivity contribution < 1.29 is 0 Å². The molecule has 5 aromatic carbocycles. The number of hydrogen-bond acceptors (Lipinski definition) is 3. The number of aromatic nitrogens is 5. The first kappa shape index (κ1) is 31.4. The Labute approximate surface area is 313 Å². The van der Waals surface area contributed by atoms with Crippen molar-refractivity contribution in [1.82, 2.24) is 23.8 Å². The van der Waals surface area contributed by atoms with E-state index in [1.807, 2.05) is 36.4 Å². The minimum absolute atomic E-state index is 0.890. The predicted octanol–water partition coefficient (Wildman–Crippen LogP) is 12.0. The molecular formula is C49H33N5. The summed E-state index contributed by atoms with van der Waals surface area (Å²) in [4.78, 5) is 15.6. The van der Waals surface area contributed by atoms with Crippen LogP contribution in [0.15, 0.2) is 200 Å². The third-order valence-electron chi connectivity index (χ3n) is 9.95. The van der Waals surface area contributed by atoms with Gasteiger partial charge in [0.15, 0.2) is 0 Å². The molecule has 5 aromatic heterocycles. The van der Waals surface area contributed by atoms with Gasteiger partial charge in [-0.3, -0.25) is 8.80 Å². The van der Waals surface area contributed by atoms with Crippen LogP contribution in [-0.2, 0) is 0 Å². The second-order valence-electron chi connectivity index (χ2n) is 13.4. The Bertz CT molecular complexity index is 2750. The fourth-order valence-electron chi connectivity index (χ4n) is 7.41. The highest BCUT2D eigenvalue weighted by Crippen LogP contribution is 2.38. The molecule has 0 aliphatic carbocycles. The van der Waals surface area contributed by atoms with Crippen molar-refractivity contribution in [1.29, 1.82) is 0 Å². The second kappa shape index (κ2) is 13.3. The lowest BCUT2D eigenvalue weighted by atomic mass is 9.97. The maximum absolute atomic E-state index is 5.36. The van der Waals surface area contributed by atoms with E-state index in [4.69, 9.17) is 15.0 Å². The van der Waals surface area contributed by atoms with Crippen LogP contribution in [0.4, 0.5) is 0 Å². The second-order valence-corrected chi connectivity index (χ2v) is 13.4. The van der Waals surface area contributed by atoms with Crippen molar-refractivity contribution in [3.63, 3.8) is 0 Å². The smallest absolute Gasteiger partial charge is 0.137 e. The monoisotopic (exact) mass is 691 g/mol. The van der Waals surface area contributed by atoms with Gasteiger partial charge in [-0.1, -0.05) is 140 Å². The molecular weight excluding hydrogens is 659 g/mol. The Kier molecular flexibility index (Phi) is 7.73. The largest absolute Gasteiger partial charge is 0.299 e. The maximum atomic E-state index is 5.36. The third-order valence-corrected chi connectivity index (χ3v) is 9.95. The van der Waals surface area contributed by atoms with Crippen LogP contribution in [0.3, 0.4) is 0 Å². The van der Waals surface area contributed by atoms with Crippen molar-refractivity contribution in [3.05, 3.63) is 200 Å². The van der Waals surface area contributed by atoms with Crippen LogP contribution >= 0.6 is 0 Å². The van der Waals surface area contributed by atoms with Crippen molar-refractivity contribution in [2.24, 2.45) is 0 Å². The van der Waals surface area contributed by atoms with Crippen LogP contribution in [0.2, 0.25) is 0 Å². The topological polar surface area (TPSA) is 47.5 Å². The van der Waals surface area contributed by atoms with Gasteiger partial charge in [-0.2, -0.15) is 0 Å². The van der Waals surface area contributed by atoms with Crippen LogP contribution in [0, 0.1) is 0 Å². The number of hydrogen-bond donors (Lipinski definition) is 0. The highest BCUT2D eigenvalue weighted by Gasteiger charge is 2.19. The number of benzene rings is 5. The molecule has 0 atom stereocenters. The SMILES string of the molecule is c1ccc(-c2cc(-c3cccc(-c4nc5ccccn5c4-c4ccccc4)c3)nc(-c3cccc(-c4nc5ccccn5c4-c4ccccc4)c3)c2)cc1. The third kappa shape index (κ3) is 5.65. The lowest BCUT2D eigenvalue weighted by molar-refractivity contribution is 1.19. The minimum Gasteiger partial charge on any atom is -0.299 e. The van der Waals surface area contributed by atoms with Gasteiger partial charge in [0.25, 0.3) is 0 Å². The van der Waals surface area contributed by atoms with Crippen LogP contribution < -0.4 is 0 Å². The molecule has 0 radical (unpaired) electrons. The molecule has 0 amide bonds. The maximum Gasteiger partial charge on any atom is 0.137 e. The molecule has 0 aliphatic rings. The highest BCUT2D eigenvalue weighted by atomic mass is 15.0. The van der Waals surface area contributed by atoms with E-state index in [0.717, 1.165) is 90.0 Å². The lowest BCUT2D eigenvalue weighted by Crippen LogP contribution is -1.93. The molecule has 0 saturated carbocycles. The zero-order valence-electron chi connectivity index (χ0n) is 29.3. The number of fused-ring (bicyclic) bond motifs is 2. The zero-order chi connectivity index (χ0) is 35.8. The van der Waals surface area contributed by atoms with E-state index >= 15 is 0 Å². The van der Waals surface area contributed by atoms with E-state index in [2.05, 4.69) is 173 Å². The molecule has 254 valence electrons. The first-order valence-electron chi connectivity index (χ1n) is 18.1. The van der Waals surface area contributed by atoms with Crippen LogP contribution in [0.1, 0.15) is 0 Å². The number of rotatable bonds is 7. The van der Waals surface area contributed by atoms with E-state index in [1.54, 1.807) is 0 Å². The van der Waals surface area contributed by atoms with Crippen molar-refractivity contribution >= 4 is 11.3 Å². The van der Waals surface area contributed by atoms with Gasteiger partial charge in [0.2, 0.25) is 0 Å². The van der Waals surface area contributed by atoms with Crippen LogP contribution in [0.25, 0.3) is 90.0 Å². The van der Waals surface area contributed by atoms with Gasteiger partial charge >= 0.3 is 0 Å². The quantitative estimate of drug-likeness (QED) is 0.167. The lowest BCUT2D eigenvalue weighted by Gasteiger charge is -2.12. The molecule has 54 heavy (non-hydrogen) atoms. The summed E-state index contributed by atoms with van der Waals surface area (Å²) in [6, 6.07) is 65.4. The fourth-order valence-corrected chi connectivity index (χ4v) is 7.41. The van der Waals surface area contributed by atoms with Crippen LogP contribution in [0.5, 0.6) is 0 Å². The van der Waals surface area contributed by atoms with Gasteiger partial charge in [-0.15, -0.1) is 0 Å². The molecule has 10 rings (SSSR count). The summed E-state index contributed by atoms with van der Waals surface area (Å²) in [7, 11) is 0. The summed E-state index contributed by atoms with van der Waals surface area (Å²) in [6.07, 6.45) is 4.16. The molecule has 0 fully saturated rings. The first-order valence-corrected chi connectivity index (χ1v) is 18.1. The first-order chi connectivity index (χ1) is 26.8. The number of imidazole rings is 2. The molecule has 0 bridgehead atoms. The van der Waals surface area contributed by atoms with Gasteiger partial charge < -0.3 is 0 Å². The van der Waals surface area contributed by atoms with Crippen molar-refractivity contribution in [3.8, 4) is 78.7 Å². The van der Waals surface area contributed by atoms with E-state index in [1.165, 1.54) is 0 Å². The molecule has 10 aromatic rings. The highest BCUT2D eigenvalue weighted by molar-refractivity contribution is 5.87. The van der Waals surface area contributed by atoms with Gasteiger partial charge in [-0.05, 0) is 59.7 Å². The zero-order valence-corrected chi connectivity index (χ0v) is 29.3. The fraction of sp³-hybridized carbons (Fsp3) is 0. The molecule has 5 heterocycles. The minimum atomic E-state index is 0.890. The number of nitrogens with zero attached hydrogens (tertiary/aromatic N) is 5. The summed E-state index contributed by atoms with van der Waals surface area (Å²) in [5, 5.41) is 0. The Morgan fingerprint density at radius 3 is 1.13 bits per heavy atom. The van der Waals surface area contributed by atoms with Gasteiger partial charge in [-0.25, -0.2) is 15.0 Å².